The van der Waals surface area contributed by atoms with Crippen molar-refractivity contribution in [2.24, 2.45) is 0 Å². The van der Waals surface area contributed by atoms with Gasteiger partial charge in [0.15, 0.2) is 4.96 Å². The summed E-state index contributed by atoms with van der Waals surface area (Å²) in [6.07, 6.45) is 2.31. The van der Waals surface area contributed by atoms with Gasteiger partial charge in [0, 0.05) is 22.8 Å². The number of ether oxygens (including phenoxy) is 1. The Bertz CT molecular complexity index is 1100. The second-order valence-electron chi connectivity index (χ2n) is 6.84. The normalized spacial score (nSPS) is 12.1. The van der Waals surface area contributed by atoms with Gasteiger partial charge in [-0.05, 0) is 43.7 Å². The maximum absolute atomic E-state index is 12.6. The molecule has 0 aliphatic heterocycles. The third-order valence-corrected chi connectivity index (χ3v) is 5.65. The molecule has 6 heteroatoms. The summed E-state index contributed by atoms with van der Waals surface area (Å²) < 4.78 is 7.50. The largest absolute Gasteiger partial charge is 0.494 e. The molecule has 0 bridgehead atoms. The minimum absolute atomic E-state index is 0.00243. The van der Waals surface area contributed by atoms with E-state index in [1.54, 1.807) is 11.3 Å². The summed E-state index contributed by atoms with van der Waals surface area (Å²) in [5.41, 5.74) is 3.95. The number of aromatic nitrogens is 2. The number of carbonyl (C=O) groups is 1. The maximum atomic E-state index is 12.6. The second kappa shape index (κ2) is 8.49. The third-order valence-electron chi connectivity index (χ3n) is 4.76. The summed E-state index contributed by atoms with van der Waals surface area (Å²) in [5.74, 6) is 0.847. The Labute approximate surface area is 174 Å². The van der Waals surface area contributed by atoms with Crippen LogP contribution in [0.3, 0.4) is 0 Å². The van der Waals surface area contributed by atoms with Crippen LogP contribution in [0, 0.1) is 0 Å². The van der Waals surface area contributed by atoms with Crippen molar-refractivity contribution in [1.82, 2.24) is 14.7 Å². The van der Waals surface area contributed by atoms with Crippen molar-refractivity contribution in [2.45, 2.75) is 26.3 Å². The van der Waals surface area contributed by atoms with Gasteiger partial charge in [-0.25, -0.2) is 4.98 Å². The summed E-state index contributed by atoms with van der Waals surface area (Å²) in [5, 5.41) is 5.07. The summed E-state index contributed by atoms with van der Waals surface area (Å²) in [6, 6.07) is 17.9. The van der Waals surface area contributed by atoms with E-state index in [1.807, 2.05) is 84.4 Å². The van der Waals surface area contributed by atoms with Crippen molar-refractivity contribution in [3.63, 3.8) is 0 Å². The summed E-state index contributed by atoms with van der Waals surface area (Å²) in [4.78, 5) is 18.1. The van der Waals surface area contributed by atoms with Gasteiger partial charge in [-0.3, -0.25) is 9.20 Å². The topological polar surface area (TPSA) is 55.6 Å². The van der Waals surface area contributed by atoms with E-state index in [-0.39, 0.29) is 11.9 Å². The standard InChI is InChI=1S/C23H23N3O2S/c1-3-28-20-11-9-18(10-12-20)21-14-26-19(15-29-23(26)25-21)13-22(27)24-16(2)17-7-5-4-6-8-17/h4-12,14-16H,3,13H2,1-2H3,(H,24,27). The van der Waals surface area contributed by atoms with Crippen LogP contribution in [-0.2, 0) is 11.2 Å². The van der Waals surface area contributed by atoms with Crippen molar-refractivity contribution in [3.05, 3.63) is 77.4 Å². The monoisotopic (exact) mass is 405 g/mol. The zero-order valence-electron chi connectivity index (χ0n) is 16.5. The van der Waals surface area contributed by atoms with Gasteiger partial charge in [-0.2, -0.15) is 0 Å². The number of nitrogens with one attached hydrogen (secondary N) is 1. The number of amides is 1. The molecule has 4 aromatic rings. The molecule has 0 radical (unpaired) electrons. The molecule has 0 spiro atoms. The lowest BCUT2D eigenvalue weighted by atomic mass is 10.1. The molecule has 2 heterocycles. The molecule has 0 aliphatic rings. The minimum atomic E-state index is -0.0278. The number of hydrogen-bond donors (Lipinski definition) is 1. The Morgan fingerprint density at radius 1 is 1.17 bits per heavy atom. The molecule has 0 fully saturated rings. The molecule has 29 heavy (non-hydrogen) atoms. The fourth-order valence-corrected chi connectivity index (χ4v) is 4.14. The highest BCUT2D eigenvalue weighted by atomic mass is 32.1. The zero-order chi connectivity index (χ0) is 20.2. The fraction of sp³-hybridized carbons (Fsp3) is 0.217. The molecule has 1 unspecified atom stereocenters. The Hall–Kier alpha value is -3.12. The number of hydrogen-bond acceptors (Lipinski definition) is 4. The van der Waals surface area contributed by atoms with Gasteiger partial charge in [0.25, 0.3) is 0 Å². The Kier molecular flexibility index (Phi) is 5.62. The van der Waals surface area contributed by atoms with Gasteiger partial charge in [-0.1, -0.05) is 30.3 Å². The van der Waals surface area contributed by atoms with Crippen LogP contribution in [0.25, 0.3) is 16.2 Å². The van der Waals surface area contributed by atoms with E-state index in [9.17, 15) is 4.79 Å². The molecular weight excluding hydrogens is 382 g/mol. The molecule has 0 saturated heterocycles. The first kappa shape index (κ1) is 19.2. The van der Waals surface area contributed by atoms with E-state index in [2.05, 4.69) is 5.32 Å². The Balaban J connectivity index is 1.48. The smallest absolute Gasteiger partial charge is 0.226 e. The number of benzene rings is 2. The zero-order valence-corrected chi connectivity index (χ0v) is 17.3. The molecule has 0 aliphatic carbocycles. The summed E-state index contributed by atoms with van der Waals surface area (Å²) in [6.45, 7) is 4.61. The van der Waals surface area contributed by atoms with Crippen molar-refractivity contribution < 1.29 is 9.53 Å². The van der Waals surface area contributed by atoms with Crippen LogP contribution in [0.2, 0.25) is 0 Å². The van der Waals surface area contributed by atoms with Crippen LogP contribution in [-0.4, -0.2) is 21.9 Å². The van der Waals surface area contributed by atoms with E-state index >= 15 is 0 Å². The van der Waals surface area contributed by atoms with E-state index in [4.69, 9.17) is 9.72 Å². The highest BCUT2D eigenvalue weighted by molar-refractivity contribution is 7.15. The minimum Gasteiger partial charge on any atom is -0.494 e. The Morgan fingerprint density at radius 2 is 1.93 bits per heavy atom. The van der Waals surface area contributed by atoms with E-state index in [0.717, 1.165) is 33.2 Å². The van der Waals surface area contributed by atoms with Crippen LogP contribution in [0.4, 0.5) is 0 Å². The highest BCUT2D eigenvalue weighted by Crippen LogP contribution is 2.25. The predicted octanol–water partition coefficient (Wildman–Crippen LogP) is 4.88. The van der Waals surface area contributed by atoms with E-state index in [1.165, 1.54) is 0 Å². The van der Waals surface area contributed by atoms with Gasteiger partial charge >= 0.3 is 0 Å². The quantitative estimate of drug-likeness (QED) is 0.477. The van der Waals surface area contributed by atoms with Crippen molar-refractivity contribution in [2.75, 3.05) is 6.61 Å². The molecule has 1 amide bonds. The molecule has 1 atom stereocenters. The van der Waals surface area contributed by atoms with Gasteiger partial charge in [0.1, 0.15) is 5.75 Å². The maximum Gasteiger partial charge on any atom is 0.226 e. The lowest BCUT2D eigenvalue weighted by Gasteiger charge is -2.14. The van der Waals surface area contributed by atoms with Gasteiger partial charge in [0.2, 0.25) is 5.91 Å². The van der Waals surface area contributed by atoms with Crippen molar-refractivity contribution >= 4 is 22.2 Å². The summed E-state index contributed by atoms with van der Waals surface area (Å²) in [7, 11) is 0. The van der Waals surface area contributed by atoms with Crippen LogP contribution in [0.15, 0.2) is 66.2 Å². The van der Waals surface area contributed by atoms with E-state index in [0.29, 0.717) is 13.0 Å². The molecule has 4 rings (SSSR count). The fourth-order valence-electron chi connectivity index (χ4n) is 3.27. The SMILES string of the molecule is CCOc1ccc(-c2cn3c(CC(=O)NC(C)c4ccccc4)csc3n2)cc1. The third kappa shape index (κ3) is 4.32. The van der Waals surface area contributed by atoms with E-state index < -0.39 is 0 Å². The first-order valence-electron chi connectivity index (χ1n) is 9.67. The average Bonchev–Trinajstić information content (AvgIpc) is 3.31. The van der Waals surface area contributed by atoms with Crippen LogP contribution in [0.1, 0.15) is 31.1 Å². The number of imidazole rings is 1. The molecular formula is C23H23N3O2S. The number of rotatable bonds is 7. The molecule has 5 nitrogen and oxygen atoms in total. The van der Waals surface area contributed by atoms with Gasteiger partial charge in [0.05, 0.1) is 24.8 Å². The first-order chi connectivity index (χ1) is 14.1. The molecule has 1 N–H and O–H groups in total. The lowest BCUT2D eigenvalue weighted by molar-refractivity contribution is -0.121. The lowest BCUT2D eigenvalue weighted by Crippen LogP contribution is -2.28. The number of thiazole rings is 1. The van der Waals surface area contributed by atoms with Crippen molar-refractivity contribution in [1.29, 1.82) is 0 Å². The number of fused-ring (bicyclic) bond motifs is 1. The average molecular weight is 406 g/mol. The number of nitrogens with zero attached hydrogens (tertiary/aromatic N) is 2. The molecule has 2 aromatic carbocycles. The number of carbonyl (C=O) groups excluding carboxylic acids is 1. The first-order valence-corrected chi connectivity index (χ1v) is 10.5. The summed E-state index contributed by atoms with van der Waals surface area (Å²) >= 11 is 1.55. The second-order valence-corrected chi connectivity index (χ2v) is 7.68. The molecule has 148 valence electrons. The van der Waals surface area contributed by atoms with Crippen LogP contribution < -0.4 is 10.1 Å². The van der Waals surface area contributed by atoms with Crippen LogP contribution in [0.5, 0.6) is 5.75 Å². The highest BCUT2D eigenvalue weighted by Gasteiger charge is 2.14. The van der Waals surface area contributed by atoms with Gasteiger partial charge in [-0.15, -0.1) is 11.3 Å². The molecule has 0 saturated carbocycles. The predicted molar refractivity (Wildman–Crippen MR) is 116 cm³/mol. The Morgan fingerprint density at radius 3 is 2.66 bits per heavy atom. The van der Waals surface area contributed by atoms with Crippen LogP contribution >= 0.6 is 11.3 Å². The molecule has 2 aromatic heterocycles. The van der Waals surface area contributed by atoms with Crippen molar-refractivity contribution in [3.8, 4) is 17.0 Å². The van der Waals surface area contributed by atoms with Gasteiger partial charge < -0.3 is 10.1 Å².